The van der Waals surface area contributed by atoms with Crippen molar-refractivity contribution in [1.29, 1.82) is 5.26 Å². The molecule has 0 spiro atoms. The van der Waals surface area contributed by atoms with Crippen LogP contribution in [0, 0.1) is 11.3 Å². The molecule has 1 unspecified atom stereocenters. The summed E-state index contributed by atoms with van der Waals surface area (Å²) in [5.41, 5.74) is -2.36. The minimum atomic E-state index is -4.90. The Hall–Kier alpha value is -3.66. The molecule has 1 aliphatic heterocycles. The molecule has 0 saturated carbocycles. The first-order valence-electron chi connectivity index (χ1n) is 11.4. The number of hydrogen-bond acceptors (Lipinski definition) is 8. The van der Waals surface area contributed by atoms with E-state index in [9.17, 15) is 22.8 Å². The third kappa shape index (κ3) is 6.94. The average Bonchev–Trinajstić information content (AvgIpc) is 2.85. The Morgan fingerprint density at radius 3 is 2.56 bits per heavy atom. The first-order chi connectivity index (χ1) is 17.1. The molecule has 2 aromatic heterocycles. The van der Waals surface area contributed by atoms with Gasteiger partial charge in [-0.3, -0.25) is 9.59 Å². The molecule has 194 valence electrons. The molecule has 36 heavy (non-hydrogen) atoms. The highest BCUT2D eigenvalue weighted by molar-refractivity contribution is 5.77. The number of carbonyl (C=O) groups excluding carboxylic acids is 1. The van der Waals surface area contributed by atoms with E-state index in [2.05, 4.69) is 10.1 Å². The van der Waals surface area contributed by atoms with E-state index in [0.717, 1.165) is 12.0 Å². The monoisotopic (exact) mass is 508 g/mol. The minimum absolute atomic E-state index is 0.0623. The van der Waals surface area contributed by atoms with Gasteiger partial charge in [-0.15, -0.1) is 0 Å². The number of alkyl halides is 3. The van der Waals surface area contributed by atoms with Crippen molar-refractivity contribution < 1.29 is 27.4 Å². The molecule has 1 N–H and O–H groups in total. The number of nitriles is 1. The van der Waals surface area contributed by atoms with Gasteiger partial charge in [-0.25, -0.2) is 10.1 Å². The summed E-state index contributed by atoms with van der Waals surface area (Å²) in [7, 11) is 0. The largest absolute Gasteiger partial charge is 0.485 e. The van der Waals surface area contributed by atoms with E-state index in [0.29, 0.717) is 38.2 Å². The second-order valence-electron chi connectivity index (χ2n) is 8.32. The zero-order chi connectivity index (χ0) is 26.3. The van der Waals surface area contributed by atoms with Crippen LogP contribution in [0.15, 0.2) is 29.3 Å². The summed E-state index contributed by atoms with van der Waals surface area (Å²) in [4.78, 5) is 32.4. The predicted molar refractivity (Wildman–Crippen MR) is 122 cm³/mol. The van der Waals surface area contributed by atoms with Gasteiger partial charge in [0.15, 0.2) is 11.3 Å². The lowest BCUT2D eigenvalue weighted by atomic mass is 10.2. The summed E-state index contributed by atoms with van der Waals surface area (Å²) in [6.45, 7) is 5.55. The lowest BCUT2D eigenvalue weighted by Crippen LogP contribution is -2.49. The molecule has 0 bridgehead atoms. The van der Waals surface area contributed by atoms with Crippen LogP contribution in [0.4, 0.5) is 19.0 Å². The zero-order valence-corrected chi connectivity index (χ0v) is 19.9. The van der Waals surface area contributed by atoms with Crippen molar-refractivity contribution in [3.63, 3.8) is 0 Å². The van der Waals surface area contributed by atoms with E-state index in [1.54, 1.807) is 36.0 Å². The van der Waals surface area contributed by atoms with Crippen molar-refractivity contribution in [3.8, 4) is 11.8 Å². The number of halogens is 3. The standard InChI is InChI=1S/C23H27F3N6O4/c1-3-17(36-18-13-29-30-22(34)21(18)23(24,25)26)14-35-15(2)10-20(33)32-8-6-31(7-9-32)19-5-4-16(11-27)12-28-19/h4-5,12-13,15,17H,3,6-10,14H2,1-2H3,(H,30,34)/t15-,17?/m0/s1. The highest BCUT2D eigenvalue weighted by Crippen LogP contribution is 2.33. The van der Waals surface area contributed by atoms with Crippen LogP contribution in [0.25, 0.3) is 0 Å². The fourth-order valence-corrected chi connectivity index (χ4v) is 3.68. The summed E-state index contributed by atoms with van der Waals surface area (Å²) in [6, 6.07) is 5.50. The molecule has 0 aliphatic carbocycles. The van der Waals surface area contributed by atoms with Crippen LogP contribution in [0.3, 0.4) is 0 Å². The summed E-state index contributed by atoms with van der Waals surface area (Å²) in [6.07, 6.45) is -3.42. The Labute approximate surface area is 205 Å². The summed E-state index contributed by atoms with van der Waals surface area (Å²) >= 11 is 0. The van der Waals surface area contributed by atoms with Gasteiger partial charge < -0.3 is 19.3 Å². The van der Waals surface area contributed by atoms with Crippen molar-refractivity contribution in [2.24, 2.45) is 0 Å². The van der Waals surface area contributed by atoms with Gasteiger partial charge in [0.1, 0.15) is 18.0 Å². The van der Waals surface area contributed by atoms with Crippen LogP contribution in [-0.4, -0.2) is 71.0 Å². The SMILES string of the molecule is CCC(CO[C@@H](C)CC(=O)N1CCN(c2ccc(C#N)cn2)CC1)Oc1cn[nH]c(=O)c1C(F)(F)F. The molecule has 1 amide bonds. The van der Waals surface area contributed by atoms with E-state index < -0.39 is 35.3 Å². The van der Waals surface area contributed by atoms with Crippen LogP contribution in [0.1, 0.15) is 37.8 Å². The van der Waals surface area contributed by atoms with Gasteiger partial charge in [-0.1, -0.05) is 6.92 Å². The lowest BCUT2D eigenvalue weighted by Gasteiger charge is -2.36. The second kappa shape index (κ2) is 11.9. The van der Waals surface area contributed by atoms with Gasteiger partial charge in [0, 0.05) is 32.4 Å². The molecule has 0 radical (unpaired) electrons. The van der Waals surface area contributed by atoms with E-state index in [1.165, 1.54) is 6.20 Å². The molecular weight excluding hydrogens is 481 g/mol. The lowest BCUT2D eigenvalue weighted by molar-refractivity contribution is -0.141. The number of amides is 1. The van der Waals surface area contributed by atoms with Gasteiger partial charge >= 0.3 is 6.18 Å². The first kappa shape index (κ1) is 26.9. The van der Waals surface area contributed by atoms with Crippen LogP contribution < -0.4 is 15.2 Å². The smallest absolute Gasteiger partial charge is 0.425 e. The topological polar surface area (TPSA) is 124 Å². The predicted octanol–water partition coefficient (Wildman–Crippen LogP) is 2.36. The fraction of sp³-hybridized carbons (Fsp3) is 0.522. The van der Waals surface area contributed by atoms with E-state index in [-0.39, 0.29) is 18.9 Å². The van der Waals surface area contributed by atoms with Crippen molar-refractivity contribution >= 4 is 11.7 Å². The third-order valence-electron chi connectivity index (χ3n) is 5.72. The molecule has 3 heterocycles. The van der Waals surface area contributed by atoms with Crippen molar-refractivity contribution in [3.05, 3.63) is 46.0 Å². The molecule has 10 nitrogen and oxygen atoms in total. The average molecular weight is 509 g/mol. The number of rotatable bonds is 9. The number of aromatic amines is 1. The van der Waals surface area contributed by atoms with Crippen LogP contribution in [0.5, 0.6) is 5.75 Å². The molecule has 2 atom stereocenters. The molecule has 1 fully saturated rings. The molecule has 1 saturated heterocycles. The summed E-state index contributed by atoms with van der Waals surface area (Å²) in [5.74, 6) is -0.0187. The Morgan fingerprint density at radius 1 is 1.25 bits per heavy atom. The number of nitrogens with zero attached hydrogens (tertiary/aromatic N) is 5. The number of piperazine rings is 1. The number of aromatic nitrogens is 3. The number of ether oxygens (including phenoxy) is 2. The van der Waals surface area contributed by atoms with Crippen LogP contribution in [0.2, 0.25) is 0 Å². The van der Waals surface area contributed by atoms with Gasteiger partial charge in [-0.05, 0) is 25.5 Å². The fourth-order valence-electron chi connectivity index (χ4n) is 3.68. The number of pyridine rings is 1. The normalized spacial score (nSPS) is 15.8. The van der Waals surface area contributed by atoms with Gasteiger partial charge in [-0.2, -0.15) is 23.5 Å². The van der Waals surface area contributed by atoms with E-state index in [4.69, 9.17) is 14.7 Å². The van der Waals surface area contributed by atoms with Crippen molar-refractivity contribution in [2.45, 2.75) is 45.1 Å². The van der Waals surface area contributed by atoms with Crippen LogP contribution in [-0.2, 0) is 15.7 Å². The minimum Gasteiger partial charge on any atom is -0.485 e. The highest BCUT2D eigenvalue weighted by Gasteiger charge is 2.38. The van der Waals surface area contributed by atoms with Crippen molar-refractivity contribution in [2.75, 3.05) is 37.7 Å². The Bertz CT molecular complexity index is 1120. The molecule has 13 heteroatoms. The third-order valence-corrected chi connectivity index (χ3v) is 5.72. The number of nitrogens with one attached hydrogen (secondary N) is 1. The molecular formula is C23H27F3N6O4. The van der Waals surface area contributed by atoms with E-state index in [1.807, 2.05) is 11.0 Å². The Kier molecular flexibility index (Phi) is 8.87. The molecule has 2 aromatic rings. The molecule has 1 aliphatic rings. The summed E-state index contributed by atoms with van der Waals surface area (Å²) in [5, 5.41) is 14.0. The Morgan fingerprint density at radius 2 is 1.97 bits per heavy atom. The van der Waals surface area contributed by atoms with Gasteiger partial charge in [0.25, 0.3) is 5.56 Å². The first-order valence-corrected chi connectivity index (χ1v) is 11.4. The quantitative estimate of drug-likeness (QED) is 0.548. The maximum Gasteiger partial charge on any atom is 0.425 e. The number of carbonyl (C=O) groups is 1. The van der Waals surface area contributed by atoms with Crippen LogP contribution >= 0.6 is 0 Å². The molecule has 3 rings (SSSR count). The number of H-pyrrole nitrogens is 1. The Balaban J connectivity index is 1.47. The second-order valence-corrected chi connectivity index (χ2v) is 8.32. The van der Waals surface area contributed by atoms with Gasteiger partial charge in [0.05, 0.1) is 30.9 Å². The maximum absolute atomic E-state index is 13.2. The van der Waals surface area contributed by atoms with Crippen molar-refractivity contribution in [1.82, 2.24) is 20.1 Å². The number of hydrogen-bond donors (Lipinski definition) is 1. The highest BCUT2D eigenvalue weighted by atomic mass is 19.4. The zero-order valence-electron chi connectivity index (χ0n) is 19.9. The maximum atomic E-state index is 13.2. The molecule has 0 aromatic carbocycles. The summed E-state index contributed by atoms with van der Waals surface area (Å²) < 4.78 is 50.8. The van der Waals surface area contributed by atoms with E-state index >= 15 is 0 Å². The van der Waals surface area contributed by atoms with Gasteiger partial charge in [0.2, 0.25) is 5.91 Å². The number of anilines is 1.